The molecule has 0 rings (SSSR count). The monoisotopic (exact) mass is 247 g/mol. The van der Waals surface area contributed by atoms with E-state index >= 15 is 0 Å². The smallest absolute Gasteiger partial charge is 0.371 e. The van der Waals surface area contributed by atoms with Gasteiger partial charge in [-0.25, -0.2) is 4.79 Å². The first-order valence-corrected chi connectivity index (χ1v) is 4.67. The molecule has 98 valence electrons. The molecule has 0 aliphatic heterocycles. The third-order valence-electron chi connectivity index (χ3n) is 1.38. The van der Waals surface area contributed by atoms with Crippen LogP contribution in [0.3, 0.4) is 0 Å². The number of carboxylic acids is 1. The van der Waals surface area contributed by atoms with E-state index in [0.29, 0.717) is 6.61 Å². The Balaban J connectivity index is 0. The second-order valence-electron chi connectivity index (χ2n) is 2.91. The first-order valence-electron chi connectivity index (χ1n) is 4.67. The van der Waals surface area contributed by atoms with E-state index in [-0.39, 0.29) is 18.5 Å². The summed E-state index contributed by atoms with van der Waals surface area (Å²) in [7, 11) is 1.55. The molecule has 17 heavy (non-hydrogen) atoms. The largest absolute Gasteiger partial charge is 0.476 e. The van der Waals surface area contributed by atoms with Crippen LogP contribution >= 0.6 is 0 Å². The predicted molar refractivity (Wildman–Crippen MR) is 59.5 cm³/mol. The van der Waals surface area contributed by atoms with Gasteiger partial charge in [0.05, 0.1) is 6.61 Å². The molecule has 8 heteroatoms. The van der Waals surface area contributed by atoms with Crippen LogP contribution in [0, 0.1) is 5.41 Å². The number of carbonyl (C=O) groups excluding carboxylic acids is 2. The van der Waals surface area contributed by atoms with E-state index in [1.807, 2.05) is 0 Å². The van der Waals surface area contributed by atoms with Crippen molar-refractivity contribution in [2.24, 2.45) is 5.73 Å². The third-order valence-corrected chi connectivity index (χ3v) is 1.38. The lowest BCUT2D eigenvalue weighted by Crippen LogP contribution is -2.37. The highest BCUT2D eigenvalue weighted by Gasteiger charge is 2.06. The van der Waals surface area contributed by atoms with E-state index in [1.165, 1.54) is 4.90 Å². The summed E-state index contributed by atoms with van der Waals surface area (Å²) in [4.78, 5) is 30.9. The summed E-state index contributed by atoms with van der Waals surface area (Å²) in [6, 6.07) is 0. The van der Waals surface area contributed by atoms with E-state index in [9.17, 15) is 14.4 Å². The Morgan fingerprint density at radius 3 is 2.06 bits per heavy atom. The fraction of sp³-hybridized carbons (Fsp3) is 0.556. The number of likely N-dealkylation sites (N-methyl/N-ethyl adjacent to an activating group) is 1. The predicted octanol–water partition coefficient (Wildman–Crippen LogP) is -0.965. The molecule has 0 bridgehead atoms. The van der Waals surface area contributed by atoms with E-state index in [4.69, 9.17) is 16.2 Å². The van der Waals surface area contributed by atoms with E-state index in [2.05, 4.69) is 4.74 Å². The van der Waals surface area contributed by atoms with Crippen LogP contribution < -0.4 is 5.73 Å². The normalized spacial score (nSPS) is 8.41. The van der Waals surface area contributed by atoms with Crippen molar-refractivity contribution in [1.29, 1.82) is 5.41 Å². The summed E-state index contributed by atoms with van der Waals surface area (Å²) < 4.78 is 4.63. The molecule has 0 heterocycles. The Kier molecular flexibility index (Phi) is 9.28. The standard InChI is InChI=1S/C6H13N3O2.C3H4O3/c1-3-11-5(10)4-9(2)6(7)8;1-2(4)3(5)6/h3-4H2,1-2H3,(H3,7,8);1H3,(H,5,6). The maximum atomic E-state index is 10.7. The van der Waals surface area contributed by atoms with Crippen molar-refractivity contribution in [3.05, 3.63) is 0 Å². The average Bonchev–Trinajstić information content (AvgIpc) is 2.18. The lowest BCUT2D eigenvalue weighted by Gasteiger charge is -2.14. The maximum Gasteiger partial charge on any atom is 0.371 e. The van der Waals surface area contributed by atoms with Gasteiger partial charge in [0, 0.05) is 14.0 Å². The Labute approximate surface area is 98.8 Å². The fourth-order valence-corrected chi connectivity index (χ4v) is 0.485. The molecule has 0 atom stereocenters. The van der Waals surface area contributed by atoms with Gasteiger partial charge in [0.15, 0.2) is 5.96 Å². The summed E-state index contributed by atoms with van der Waals surface area (Å²) in [6.07, 6.45) is 0. The molecule has 0 fully saturated rings. The number of aliphatic carboxylic acids is 1. The lowest BCUT2D eigenvalue weighted by atomic mass is 10.5. The molecule has 0 unspecified atom stereocenters. The van der Waals surface area contributed by atoms with Gasteiger partial charge in [0.1, 0.15) is 6.54 Å². The van der Waals surface area contributed by atoms with Gasteiger partial charge in [-0.3, -0.25) is 15.0 Å². The van der Waals surface area contributed by atoms with Gasteiger partial charge in [-0.15, -0.1) is 0 Å². The van der Waals surface area contributed by atoms with Crippen molar-refractivity contribution >= 4 is 23.7 Å². The number of carbonyl (C=O) groups is 3. The number of nitrogens with zero attached hydrogens (tertiary/aromatic N) is 1. The first kappa shape index (κ1) is 17.3. The molecule has 0 saturated heterocycles. The van der Waals surface area contributed by atoms with Crippen LogP contribution in [0.1, 0.15) is 13.8 Å². The van der Waals surface area contributed by atoms with Crippen molar-refractivity contribution in [3.63, 3.8) is 0 Å². The number of guanidine groups is 1. The molecular formula is C9H17N3O5. The zero-order chi connectivity index (χ0) is 14.0. The molecule has 0 aromatic heterocycles. The zero-order valence-electron chi connectivity index (χ0n) is 10.0. The second-order valence-corrected chi connectivity index (χ2v) is 2.91. The molecule has 0 radical (unpaired) electrons. The quantitative estimate of drug-likeness (QED) is 0.252. The number of hydrogen-bond donors (Lipinski definition) is 3. The summed E-state index contributed by atoms with van der Waals surface area (Å²) in [5, 5.41) is 14.6. The second kappa shape index (κ2) is 9.13. The van der Waals surface area contributed by atoms with Crippen molar-refractivity contribution in [1.82, 2.24) is 4.90 Å². The fourth-order valence-electron chi connectivity index (χ4n) is 0.485. The highest BCUT2D eigenvalue weighted by Crippen LogP contribution is 1.83. The van der Waals surface area contributed by atoms with Gasteiger partial charge in [-0.2, -0.15) is 0 Å². The van der Waals surface area contributed by atoms with Gasteiger partial charge >= 0.3 is 11.9 Å². The van der Waals surface area contributed by atoms with Crippen LogP contribution in [0.25, 0.3) is 0 Å². The molecule has 0 aromatic carbocycles. The lowest BCUT2D eigenvalue weighted by molar-refractivity contribution is -0.148. The number of nitrogens with two attached hydrogens (primary N) is 1. The van der Waals surface area contributed by atoms with Gasteiger partial charge in [-0.1, -0.05) is 0 Å². The van der Waals surface area contributed by atoms with Crippen LogP contribution in [0.5, 0.6) is 0 Å². The number of nitrogens with one attached hydrogen (secondary N) is 1. The SMILES string of the molecule is CC(=O)C(=O)O.CCOC(=O)CN(C)C(=N)N. The van der Waals surface area contributed by atoms with Gasteiger partial charge < -0.3 is 20.5 Å². The van der Waals surface area contributed by atoms with Crippen LogP contribution in [0.15, 0.2) is 0 Å². The zero-order valence-corrected chi connectivity index (χ0v) is 10.0. The summed E-state index contributed by atoms with van der Waals surface area (Å²) in [5.41, 5.74) is 5.08. The topological polar surface area (TPSA) is 134 Å². The summed E-state index contributed by atoms with van der Waals surface area (Å²) in [6.45, 7) is 3.11. The van der Waals surface area contributed by atoms with Crippen LogP contribution in [-0.2, 0) is 19.1 Å². The van der Waals surface area contributed by atoms with Crippen molar-refractivity contribution in [3.8, 4) is 0 Å². The Morgan fingerprint density at radius 2 is 1.82 bits per heavy atom. The van der Waals surface area contributed by atoms with Gasteiger partial charge in [0.2, 0.25) is 5.78 Å². The Hall–Kier alpha value is -2.12. The number of esters is 1. The molecule has 8 nitrogen and oxygen atoms in total. The maximum absolute atomic E-state index is 10.7. The van der Waals surface area contributed by atoms with Crippen LogP contribution in [-0.4, -0.2) is 53.9 Å². The molecule has 4 N–H and O–H groups in total. The van der Waals surface area contributed by atoms with Gasteiger partial charge in [-0.05, 0) is 6.92 Å². The average molecular weight is 247 g/mol. The number of ether oxygens (including phenoxy) is 1. The van der Waals surface area contributed by atoms with E-state index in [0.717, 1.165) is 6.92 Å². The summed E-state index contributed by atoms with van der Waals surface area (Å²) in [5.74, 6) is -2.71. The van der Waals surface area contributed by atoms with Crippen molar-refractivity contribution in [2.75, 3.05) is 20.2 Å². The minimum Gasteiger partial charge on any atom is -0.476 e. The number of Topliss-reactive ketones (excluding diaryl/α,β-unsaturated/α-hetero) is 1. The molecule has 0 aliphatic carbocycles. The number of hydrogen-bond acceptors (Lipinski definition) is 5. The van der Waals surface area contributed by atoms with Gasteiger partial charge in [0.25, 0.3) is 0 Å². The minimum atomic E-state index is -1.38. The van der Waals surface area contributed by atoms with Crippen molar-refractivity contribution in [2.45, 2.75) is 13.8 Å². The molecule has 0 saturated carbocycles. The minimum absolute atomic E-state index is 0.0309. The summed E-state index contributed by atoms with van der Waals surface area (Å²) >= 11 is 0. The Bertz CT molecular complexity index is 291. The Morgan fingerprint density at radius 1 is 1.41 bits per heavy atom. The van der Waals surface area contributed by atoms with E-state index < -0.39 is 11.8 Å². The third kappa shape index (κ3) is 11.8. The highest BCUT2D eigenvalue weighted by atomic mass is 16.5. The molecule has 0 spiro atoms. The highest BCUT2D eigenvalue weighted by molar-refractivity contribution is 6.31. The molecule has 0 aliphatic rings. The van der Waals surface area contributed by atoms with E-state index in [1.54, 1.807) is 14.0 Å². The van der Waals surface area contributed by atoms with Crippen LogP contribution in [0.4, 0.5) is 0 Å². The number of rotatable bonds is 4. The van der Waals surface area contributed by atoms with Crippen molar-refractivity contribution < 1.29 is 24.2 Å². The molecule has 0 amide bonds. The molecule has 0 aromatic rings. The van der Waals surface area contributed by atoms with Crippen LogP contribution in [0.2, 0.25) is 0 Å². The number of carboxylic acid groups (broad SMARTS) is 1. The first-order chi connectivity index (χ1) is 7.72. The number of ketones is 1. The molecular weight excluding hydrogens is 230 g/mol.